The maximum atomic E-state index is 13.3. The first-order chi connectivity index (χ1) is 13.5. The fraction of sp³-hybridized carbons (Fsp3) is 0.364. The largest absolute Gasteiger partial charge is 0.494 e. The van der Waals surface area contributed by atoms with Gasteiger partial charge in [0.2, 0.25) is 0 Å². The fourth-order valence-corrected chi connectivity index (χ4v) is 3.95. The maximum Gasteiger partial charge on any atom is 0.260 e. The van der Waals surface area contributed by atoms with Crippen molar-refractivity contribution < 1.29 is 9.53 Å². The minimum atomic E-state index is -0.0420. The van der Waals surface area contributed by atoms with Crippen LogP contribution in [0.25, 0.3) is 10.2 Å². The minimum Gasteiger partial charge on any atom is -0.494 e. The topological polar surface area (TPSA) is 45.7 Å². The molecule has 0 fully saturated rings. The third-order valence-corrected chi connectivity index (χ3v) is 5.55. The molecule has 0 bridgehead atoms. The number of aromatic nitrogens is 1. The Bertz CT molecular complexity index is 935. The highest BCUT2D eigenvalue weighted by molar-refractivity contribution is 7.22. The van der Waals surface area contributed by atoms with Crippen molar-refractivity contribution >= 4 is 32.6 Å². The van der Waals surface area contributed by atoms with Gasteiger partial charge in [0.05, 0.1) is 16.8 Å². The number of hydrogen-bond donors (Lipinski definition) is 0. The second-order valence-electron chi connectivity index (χ2n) is 6.87. The number of aryl methyl sites for hydroxylation is 1. The van der Waals surface area contributed by atoms with E-state index in [1.165, 1.54) is 5.56 Å². The van der Waals surface area contributed by atoms with Gasteiger partial charge in [-0.05, 0) is 69.4 Å². The molecule has 1 heterocycles. The van der Waals surface area contributed by atoms with Crippen molar-refractivity contribution in [3.8, 4) is 5.75 Å². The number of rotatable bonds is 8. The van der Waals surface area contributed by atoms with Gasteiger partial charge in [-0.1, -0.05) is 24.3 Å². The fourth-order valence-electron chi connectivity index (χ4n) is 2.89. The molecule has 0 spiro atoms. The monoisotopic (exact) mass is 397 g/mol. The molecule has 0 aliphatic rings. The van der Waals surface area contributed by atoms with Gasteiger partial charge in [0.25, 0.3) is 5.91 Å². The maximum absolute atomic E-state index is 13.3. The Morgan fingerprint density at radius 2 is 1.82 bits per heavy atom. The van der Waals surface area contributed by atoms with E-state index in [1.807, 2.05) is 51.4 Å². The first kappa shape index (κ1) is 20.3. The van der Waals surface area contributed by atoms with E-state index in [0.717, 1.165) is 34.1 Å². The first-order valence-corrected chi connectivity index (χ1v) is 10.4. The molecular weight excluding hydrogens is 370 g/mol. The smallest absolute Gasteiger partial charge is 0.260 e. The van der Waals surface area contributed by atoms with Crippen molar-refractivity contribution in [2.45, 2.75) is 20.3 Å². The second-order valence-corrected chi connectivity index (χ2v) is 7.88. The highest BCUT2D eigenvalue weighted by Gasteiger charge is 2.21. The zero-order chi connectivity index (χ0) is 20.1. The highest BCUT2D eigenvalue weighted by Crippen LogP contribution is 2.30. The van der Waals surface area contributed by atoms with Crippen molar-refractivity contribution in [3.05, 3.63) is 53.6 Å². The molecule has 0 radical (unpaired) electrons. The Hall–Kier alpha value is -2.44. The van der Waals surface area contributed by atoms with Crippen molar-refractivity contribution in [2.24, 2.45) is 0 Å². The molecule has 148 valence electrons. The van der Waals surface area contributed by atoms with Crippen LogP contribution in [0.5, 0.6) is 5.75 Å². The lowest BCUT2D eigenvalue weighted by Gasteiger charge is -2.22. The van der Waals surface area contributed by atoms with Crippen LogP contribution in [0.1, 0.15) is 29.8 Å². The molecule has 0 aliphatic heterocycles. The minimum absolute atomic E-state index is 0.0420. The van der Waals surface area contributed by atoms with Gasteiger partial charge in [-0.25, -0.2) is 4.98 Å². The Balaban J connectivity index is 1.92. The quantitative estimate of drug-likeness (QED) is 0.563. The molecule has 0 atom stereocenters. The van der Waals surface area contributed by atoms with E-state index in [2.05, 4.69) is 24.0 Å². The van der Waals surface area contributed by atoms with E-state index in [0.29, 0.717) is 18.7 Å². The van der Waals surface area contributed by atoms with Gasteiger partial charge in [-0.3, -0.25) is 9.69 Å². The molecule has 0 unspecified atom stereocenters. The molecule has 3 aromatic rings. The van der Waals surface area contributed by atoms with Crippen LogP contribution in [-0.2, 0) is 6.42 Å². The zero-order valence-corrected chi connectivity index (χ0v) is 17.8. The summed E-state index contributed by atoms with van der Waals surface area (Å²) < 4.78 is 6.60. The molecule has 2 aromatic carbocycles. The van der Waals surface area contributed by atoms with Crippen molar-refractivity contribution in [1.82, 2.24) is 9.88 Å². The predicted molar refractivity (Wildman–Crippen MR) is 117 cm³/mol. The van der Waals surface area contributed by atoms with E-state index in [4.69, 9.17) is 9.72 Å². The summed E-state index contributed by atoms with van der Waals surface area (Å²) in [5, 5.41) is 0.740. The Morgan fingerprint density at radius 1 is 1.07 bits per heavy atom. The number of ether oxygens (including phenoxy) is 1. The normalized spacial score (nSPS) is 11.2. The highest BCUT2D eigenvalue weighted by atomic mass is 32.1. The average molecular weight is 398 g/mol. The van der Waals surface area contributed by atoms with Crippen LogP contribution in [0.15, 0.2) is 42.5 Å². The van der Waals surface area contributed by atoms with E-state index >= 15 is 0 Å². The van der Waals surface area contributed by atoms with Gasteiger partial charge >= 0.3 is 0 Å². The second kappa shape index (κ2) is 9.17. The average Bonchev–Trinajstić information content (AvgIpc) is 3.11. The summed E-state index contributed by atoms with van der Waals surface area (Å²) in [6.45, 7) is 6.03. The lowest BCUT2D eigenvalue weighted by atomic mass is 10.2. The molecule has 6 heteroatoms. The summed E-state index contributed by atoms with van der Waals surface area (Å²) in [6, 6.07) is 13.6. The third kappa shape index (κ3) is 4.69. The standard InChI is InChI=1S/C22H27N3O2S/c1-5-16-7-12-19-20(15-16)28-22(23-19)25(14-13-24(3)4)21(26)17-8-10-18(11-9-17)27-6-2/h7-12,15H,5-6,13-14H2,1-4H3. The van der Waals surface area contributed by atoms with Gasteiger partial charge < -0.3 is 9.64 Å². The van der Waals surface area contributed by atoms with Crippen LogP contribution in [0.4, 0.5) is 5.13 Å². The molecule has 0 aliphatic carbocycles. The summed E-state index contributed by atoms with van der Waals surface area (Å²) in [7, 11) is 4.01. The van der Waals surface area contributed by atoms with Gasteiger partial charge in [0, 0.05) is 18.7 Å². The van der Waals surface area contributed by atoms with Crippen LogP contribution in [0.2, 0.25) is 0 Å². The third-order valence-electron chi connectivity index (χ3n) is 4.51. The summed E-state index contributed by atoms with van der Waals surface area (Å²) in [5.41, 5.74) is 2.85. The van der Waals surface area contributed by atoms with Gasteiger partial charge in [-0.15, -0.1) is 0 Å². The molecule has 1 amide bonds. The number of amides is 1. The lowest BCUT2D eigenvalue weighted by molar-refractivity contribution is 0.0985. The van der Waals surface area contributed by atoms with E-state index < -0.39 is 0 Å². The van der Waals surface area contributed by atoms with Crippen molar-refractivity contribution in [1.29, 1.82) is 0 Å². The van der Waals surface area contributed by atoms with Crippen LogP contribution in [0.3, 0.4) is 0 Å². The van der Waals surface area contributed by atoms with Crippen LogP contribution < -0.4 is 9.64 Å². The van der Waals surface area contributed by atoms with E-state index in [1.54, 1.807) is 16.2 Å². The SMILES string of the molecule is CCOc1ccc(C(=O)N(CCN(C)C)c2nc3ccc(CC)cc3s2)cc1. The Labute approximate surface area is 170 Å². The molecule has 0 saturated carbocycles. The van der Waals surface area contributed by atoms with Crippen LogP contribution in [0, 0.1) is 0 Å². The van der Waals surface area contributed by atoms with Gasteiger partial charge in [0.15, 0.2) is 5.13 Å². The van der Waals surface area contributed by atoms with Crippen LogP contribution in [-0.4, -0.2) is 49.6 Å². The van der Waals surface area contributed by atoms with Gasteiger partial charge in [0.1, 0.15) is 5.75 Å². The summed E-state index contributed by atoms with van der Waals surface area (Å²) in [5.74, 6) is 0.727. The molecule has 5 nitrogen and oxygen atoms in total. The number of carbonyl (C=O) groups is 1. The Morgan fingerprint density at radius 3 is 2.46 bits per heavy atom. The van der Waals surface area contributed by atoms with Gasteiger partial charge in [-0.2, -0.15) is 0 Å². The number of carbonyl (C=O) groups excluding carboxylic acids is 1. The van der Waals surface area contributed by atoms with Crippen molar-refractivity contribution in [2.75, 3.05) is 38.7 Å². The first-order valence-electron chi connectivity index (χ1n) is 9.60. The van der Waals surface area contributed by atoms with E-state index in [9.17, 15) is 4.79 Å². The zero-order valence-electron chi connectivity index (χ0n) is 16.9. The molecule has 0 N–H and O–H groups in total. The number of fused-ring (bicyclic) bond motifs is 1. The summed E-state index contributed by atoms with van der Waals surface area (Å²) in [4.78, 5) is 21.9. The van der Waals surface area contributed by atoms with Crippen LogP contribution >= 0.6 is 11.3 Å². The number of likely N-dealkylation sites (N-methyl/N-ethyl adjacent to an activating group) is 1. The number of anilines is 1. The predicted octanol–water partition coefficient (Wildman–Crippen LogP) is 4.47. The number of thiazole rings is 1. The molecule has 1 aromatic heterocycles. The Kier molecular flexibility index (Phi) is 6.65. The number of nitrogens with zero attached hydrogens (tertiary/aromatic N) is 3. The molecule has 3 rings (SSSR count). The van der Waals surface area contributed by atoms with E-state index in [-0.39, 0.29) is 5.91 Å². The van der Waals surface area contributed by atoms with Crippen molar-refractivity contribution in [3.63, 3.8) is 0 Å². The molecule has 28 heavy (non-hydrogen) atoms. The number of benzene rings is 2. The summed E-state index contributed by atoms with van der Waals surface area (Å²) >= 11 is 1.57. The molecular formula is C22H27N3O2S. The lowest BCUT2D eigenvalue weighted by Crippen LogP contribution is -2.36. The number of hydrogen-bond acceptors (Lipinski definition) is 5. The summed E-state index contributed by atoms with van der Waals surface area (Å²) in [6.07, 6.45) is 0.985. The molecule has 0 saturated heterocycles.